The van der Waals surface area contributed by atoms with Gasteiger partial charge in [0.15, 0.2) is 0 Å². The van der Waals surface area contributed by atoms with Gasteiger partial charge in [0.2, 0.25) is 5.91 Å². The van der Waals surface area contributed by atoms with Gasteiger partial charge in [-0.2, -0.15) is 11.8 Å². The van der Waals surface area contributed by atoms with Crippen molar-refractivity contribution in [3.05, 3.63) is 0 Å². The molecule has 1 aliphatic heterocycles. The number of amides is 3. The number of nitrogens with one attached hydrogen (secondary N) is 1. The first-order chi connectivity index (χ1) is 9.90. The molecule has 1 heterocycles. The first-order valence-electron chi connectivity index (χ1n) is 7.31. The van der Waals surface area contributed by atoms with E-state index in [2.05, 4.69) is 5.32 Å². The molecule has 0 aromatic carbocycles. The lowest BCUT2D eigenvalue weighted by atomic mass is 9.95. The third-order valence-corrected chi connectivity index (χ3v) is 5.09. The van der Waals surface area contributed by atoms with Crippen molar-refractivity contribution >= 4 is 23.7 Å². The summed E-state index contributed by atoms with van der Waals surface area (Å²) >= 11 is 1.55. The van der Waals surface area contributed by atoms with Crippen LogP contribution in [0, 0.1) is 5.92 Å². The normalized spacial score (nSPS) is 19.0. The topological polar surface area (TPSA) is 72.9 Å². The van der Waals surface area contributed by atoms with Crippen LogP contribution in [0.25, 0.3) is 0 Å². The summed E-state index contributed by atoms with van der Waals surface area (Å²) in [6.45, 7) is 3.21. The Morgan fingerprint density at radius 2 is 1.95 bits per heavy atom. The minimum absolute atomic E-state index is 0.00459. The summed E-state index contributed by atoms with van der Waals surface area (Å²) in [5.74, 6) is -0.00758. The largest absolute Gasteiger partial charge is 0.395 e. The Balaban J connectivity index is 2.43. The Morgan fingerprint density at radius 3 is 2.38 bits per heavy atom. The van der Waals surface area contributed by atoms with Crippen LogP contribution in [0.15, 0.2) is 0 Å². The van der Waals surface area contributed by atoms with Crippen LogP contribution in [0.2, 0.25) is 0 Å². The molecule has 0 bridgehead atoms. The van der Waals surface area contributed by atoms with E-state index in [-0.39, 0.29) is 35.8 Å². The van der Waals surface area contributed by atoms with Crippen molar-refractivity contribution in [3.63, 3.8) is 0 Å². The van der Waals surface area contributed by atoms with Crippen molar-refractivity contribution in [1.29, 1.82) is 0 Å². The van der Waals surface area contributed by atoms with Gasteiger partial charge in [-0.05, 0) is 26.0 Å². The van der Waals surface area contributed by atoms with Gasteiger partial charge in [0.05, 0.1) is 6.61 Å². The SMILES string of the molecule is CSC(CO)C(C)NC(=O)C1CCN(C(=O)N(C)C)CC1. The number of aliphatic hydroxyl groups excluding tert-OH is 1. The lowest BCUT2D eigenvalue weighted by Gasteiger charge is -2.33. The Kier molecular flexibility index (Phi) is 7.31. The number of aliphatic hydroxyl groups is 1. The zero-order valence-corrected chi connectivity index (χ0v) is 14.2. The van der Waals surface area contributed by atoms with E-state index in [0.29, 0.717) is 25.9 Å². The molecule has 0 aromatic rings. The van der Waals surface area contributed by atoms with Crippen molar-refractivity contribution in [1.82, 2.24) is 15.1 Å². The van der Waals surface area contributed by atoms with Gasteiger partial charge in [0, 0.05) is 44.4 Å². The van der Waals surface area contributed by atoms with Crippen molar-refractivity contribution in [2.45, 2.75) is 31.1 Å². The van der Waals surface area contributed by atoms with Gasteiger partial charge in [-0.1, -0.05) is 0 Å². The smallest absolute Gasteiger partial charge is 0.319 e. The van der Waals surface area contributed by atoms with Crippen LogP contribution >= 0.6 is 11.8 Å². The van der Waals surface area contributed by atoms with E-state index in [4.69, 9.17) is 0 Å². The molecule has 0 spiro atoms. The van der Waals surface area contributed by atoms with Crippen LogP contribution in [-0.2, 0) is 4.79 Å². The number of hydrogen-bond donors (Lipinski definition) is 2. The molecular weight excluding hydrogens is 290 g/mol. The van der Waals surface area contributed by atoms with Gasteiger partial charge in [0.25, 0.3) is 0 Å². The second kappa shape index (κ2) is 8.48. The van der Waals surface area contributed by atoms with Crippen LogP contribution < -0.4 is 5.32 Å². The number of nitrogens with zero attached hydrogens (tertiary/aromatic N) is 2. The minimum atomic E-state index is -0.0565. The van der Waals surface area contributed by atoms with Crippen molar-refractivity contribution in [2.75, 3.05) is 40.0 Å². The van der Waals surface area contributed by atoms with Gasteiger partial charge < -0.3 is 20.2 Å². The Morgan fingerprint density at radius 1 is 1.38 bits per heavy atom. The van der Waals surface area contributed by atoms with Crippen molar-refractivity contribution < 1.29 is 14.7 Å². The first-order valence-corrected chi connectivity index (χ1v) is 8.59. The molecule has 0 radical (unpaired) electrons. The van der Waals surface area contributed by atoms with Crippen LogP contribution in [0.4, 0.5) is 4.79 Å². The number of urea groups is 1. The summed E-state index contributed by atoms with van der Waals surface area (Å²) in [6, 6.07) is -0.0520. The first kappa shape index (κ1) is 18.1. The Hall–Kier alpha value is -0.950. The number of piperidine rings is 1. The molecule has 1 aliphatic rings. The van der Waals surface area contributed by atoms with Crippen LogP contribution in [-0.4, -0.2) is 78.2 Å². The second-order valence-electron chi connectivity index (χ2n) is 5.69. The Labute approximate surface area is 131 Å². The highest BCUT2D eigenvalue weighted by molar-refractivity contribution is 7.99. The van der Waals surface area contributed by atoms with Crippen molar-refractivity contribution in [2.24, 2.45) is 5.92 Å². The highest BCUT2D eigenvalue weighted by atomic mass is 32.2. The van der Waals surface area contributed by atoms with Crippen LogP contribution in [0.1, 0.15) is 19.8 Å². The summed E-state index contributed by atoms with van der Waals surface area (Å²) in [5.41, 5.74) is 0. The predicted octanol–water partition coefficient (Wildman–Crippen LogP) is 0.609. The number of thioether (sulfide) groups is 1. The zero-order chi connectivity index (χ0) is 16.0. The summed E-state index contributed by atoms with van der Waals surface area (Å²) in [5, 5.41) is 12.2. The van der Waals surface area contributed by atoms with E-state index in [1.165, 1.54) is 0 Å². The molecule has 0 aromatic heterocycles. The molecule has 2 unspecified atom stereocenters. The molecular formula is C14H27N3O3S. The second-order valence-corrected chi connectivity index (χ2v) is 6.77. The van der Waals surface area contributed by atoms with Crippen LogP contribution in [0.3, 0.4) is 0 Å². The van der Waals surface area contributed by atoms with E-state index in [1.54, 1.807) is 35.7 Å². The summed E-state index contributed by atoms with van der Waals surface area (Å²) in [4.78, 5) is 27.4. The quantitative estimate of drug-likeness (QED) is 0.779. The standard InChI is InChI=1S/C14H27N3O3S/c1-10(12(9-18)21-4)15-13(19)11-5-7-17(8-6-11)14(20)16(2)3/h10-12,18H,5-9H2,1-4H3,(H,15,19). The number of hydrogen-bond acceptors (Lipinski definition) is 4. The fourth-order valence-corrected chi connectivity index (χ4v) is 3.11. The van der Waals surface area contributed by atoms with E-state index in [1.807, 2.05) is 13.2 Å². The molecule has 6 nitrogen and oxygen atoms in total. The molecule has 1 saturated heterocycles. The minimum Gasteiger partial charge on any atom is -0.395 e. The zero-order valence-electron chi connectivity index (χ0n) is 13.3. The maximum Gasteiger partial charge on any atom is 0.319 e. The molecule has 7 heteroatoms. The highest BCUT2D eigenvalue weighted by Crippen LogP contribution is 2.19. The van der Waals surface area contributed by atoms with E-state index in [9.17, 15) is 14.7 Å². The molecule has 1 fully saturated rings. The van der Waals surface area contributed by atoms with Crippen molar-refractivity contribution in [3.8, 4) is 0 Å². The van der Waals surface area contributed by atoms with E-state index < -0.39 is 0 Å². The molecule has 2 N–H and O–H groups in total. The number of carbonyl (C=O) groups is 2. The maximum absolute atomic E-state index is 12.2. The summed E-state index contributed by atoms with van der Waals surface area (Å²) < 4.78 is 0. The third-order valence-electron chi connectivity index (χ3n) is 3.93. The summed E-state index contributed by atoms with van der Waals surface area (Å²) in [6.07, 6.45) is 3.32. The highest BCUT2D eigenvalue weighted by Gasteiger charge is 2.29. The lowest BCUT2D eigenvalue weighted by molar-refractivity contribution is -0.126. The maximum atomic E-state index is 12.2. The molecule has 1 rings (SSSR count). The molecule has 0 aliphatic carbocycles. The van der Waals surface area contributed by atoms with E-state index >= 15 is 0 Å². The van der Waals surface area contributed by atoms with Gasteiger partial charge in [-0.25, -0.2) is 4.79 Å². The third kappa shape index (κ3) is 5.07. The lowest BCUT2D eigenvalue weighted by Crippen LogP contribution is -2.49. The fourth-order valence-electron chi connectivity index (χ4n) is 2.49. The number of likely N-dealkylation sites (tertiary alicyclic amines) is 1. The fraction of sp³-hybridized carbons (Fsp3) is 0.857. The number of rotatable bonds is 5. The number of carbonyl (C=O) groups excluding carboxylic acids is 2. The summed E-state index contributed by atoms with van der Waals surface area (Å²) in [7, 11) is 3.47. The van der Waals surface area contributed by atoms with Gasteiger partial charge >= 0.3 is 6.03 Å². The Bertz CT molecular complexity index is 353. The monoisotopic (exact) mass is 317 g/mol. The van der Waals surface area contributed by atoms with Gasteiger partial charge in [-0.15, -0.1) is 0 Å². The molecule has 2 atom stereocenters. The molecule has 0 saturated carbocycles. The average molecular weight is 317 g/mol. The average Bonchev–Trinajstić information content (AvgIpc) is 2.47. The van der Waals surface area contributed by atoms with Gasteiger partial charge in [0.1, 0.15) is 0 Å². The van der Waals surface area contributed by atoms with E-state index in [0.717, 1.165) is 0 Å². The molecule has 21 heavy (non-hydrogen) atoms. The molecule has 122 valence electrons. The predicted molar refractivity (Wildman–Crippen MR) is 85.4 cm³/mol. The van der Waals surface area contributed by atoms with Crippen LogP contribution in [0.5, 0.6) is 0 Å². The van der Waals surface area contributed by atoms with Gasteiger partial charge in [-0.3, -0.25) is 4.79 Å². The molecule has 3 amide bonds.